The minimum Gasteiger partial charge on any atom is -0.462 e. The smallest absolute Gasteiger partial charge is 0.344 e. The van der Waals surface area contributed by atoms with Crippen LogP contribution >= 0.6 is 0 Å². The summed E-state index contributed by atoms with van der Waals surface area (Å²) >= 11 is 0. The zero-order chi connectivity index (χ0) is 27.4. The molecular formula is C31H31N3O5. The van der Waals surface area contributed by atoms with E-state index in [1.165, 1.54) is 0 Å². The fourth-order valence-corrected chi connectivity index (χ4v) is 4.82. The van der Waals surface area contributed by atoms with Crippen LogP contribution in [0.3, 0.4) is 0 Å². The van der Waals surface area contributed by atoms with Crippen molar-refractivity contribution >= 4 is 34.2 Å². The summed E-state index contributed by atoms with van der Waals surface area (Å²) in [5, 5.41) is 3.82. The lowest BCUT2D eigenvalue weighted by molar-refractivity contribution is 0.0526. The average Bonchev–Trinajstić information content (AvgIpc) is 2.97. The van der Waals surface area contributed by atoms with E-state index in [0.29, 0.717) is 33.5 Å². The molecule has 0 aliphatic carbocycles. The number of rotatable bonds is 7. The lowest BCUT2D eigenvalue weighted by Crippen LogP contribution is -2.46. The van der Waals surface area contributed by atoms with Crippen LogP contribution in [0.5, 0.6) is 0 Å². The van der Waals surface area contributed by atoms with Gasteiger partial charge in [0.15, 0.2) is 0 Å². The topological polar surface area (TPSA) is 92.1 Å². The summed E-state index contributed by atoms with van der Waals surface area (Å²) in [6.45, 7) is 8.65. The summed E-state index contributed by atoms with van der Waals surface area (Å²) in [6, 6.07) is 21.2. The number of piperazine rings is 1. The van der Waals surface area contributed by atoms with Crippen molar-refractivity contribution in [3.63, 3.8) is 0 Å². The number of carbonyl (C=O) groups excluding carboxylic acids is 2. The number of para-hydroxylation sites is 1. The highest BCUT2D eigenvalue weighted by molar-refractivity contribution is 6.07. The van der Waals surface area contributed by atoms with Crippen molar-refractivity contribution in [1.29, 1.82) is 0 Å². The van der Waals surface area contributed by atoms with Crippen molar-refractivity contribution in [2.24, 2.45) is 0 Å². The lowest BCUT2D eigenvalue weighted by Gasteiger charge is -2.36. The van der Waals surface area contributed by atoms with E-state index in [0.717, 1.165) is 43.8 Å². The third-order valence-electron chi connectivity index (χ3n) is 7.02. The van der Waals surface area contributed by atoms with E-state index in [4.69, 9.17) is 9.15 Å². The Balaban J connectivity index is 1.40. The summed E-state index contributed by atoms with van der Waals surface area (Å²) in [6.07, 6.45) is 0. The summed E-state index contributed by atoms with van der Waals surface area (Å²) in [7, 11) is 0. The van der Waals surface area contributed by atoms with Gasteiger partial charge >= 0.3 is 11.6 Å². The molecule has 1 aliphatic heterocycles. The second kappa shape index (κ2) is 11.5. The molecule has 1 saturated heterocycles. The first-order valence-corrected chi connectivity index (χ1v) is 13.2. The highest BCUT2D eigenvalue weighted by Crippen LogP contribution is 2.30. The Morgan fingerprint density at radius 3 is 2.33 bits per heavy atom. The molecular weight excluding hydrogens is 494 g/mol. The predicted molar refractivity (Wildman–Crippen MR) is 153 cm³/mol. The molecule has 1 fully saturated rings. The number of carbonyl (C=O) groups is 2. The van der Waals surface area contributed by atoms with Crippen LogP contribution < -0.4 is 15.8 Å². The van der Waals surface area contributed by atoms with Crippen molar-refractivity contribution in [3.05, 3.63) is 94.3 Å². The second-order valence-electron chi connectivity index (χ2n) is 9.39. The maximum absolute atomic E-state index is 13.3. The van der Waals surface area contributed by atoms with Gasteiger partial charge < -0.3 is 24.3 Å². The van der Waals surface area contributed by atoms with Gasteiger partial charge in [0.25, 0.3) is 5.91 Å². The SMILES string of the molecule is CCOC(=O)c1ccc(N2CCN(CC)CC2)c(NC(=O)c2ccc(-c3cc4ccccc4oc3=O)cc2)c1. The molecule has 1 aromatic heterocycles. The van der Waals surface area contributed by atoms with Crippen molar-refractivity contribution in [3.8, 4) is 11.1 Å². The average molecular weight is 526 g/mol. The zero-order valence-electron chi connectivity index (χ0n) is 22.1. The van der Waals surface area contributed by atoms with Crippen LogP contribution in [0.1, 0.15) is 34.6 Å². The summed E-state index contributed by atoms with van der Waals surface area (Å²) in [5.74, 6) is -0.754. The van der Waals surface area contributed by atoms with Gasteiger partial charge in [-0.3, -0.25) is 4.79 Å². The van der Waals surface area contributed by atoms with Gasteiger partial charge in [0.05, 0.1) is 29.1 Å². The first-order chi connectivity index (χ1) is 19.0. The number of hydrogen-bond donors (Lipinski definition) is 1. The number of nitrogens with one attached hydrogen (secondary N) is 1. The van der Waals surface area contributed by atoms with E-state index in [9.17, 15) is 14.4 Å². The highest BCUT2D eigenvalue weighted by Gasteiger charge is 2.21. The molecule has 0 unspecified atom stereocenters. The van der Waals surface area contributed by atoms with Gasteiger partial charge in [-0.2, -0.15) is 0 Å². The molecule has 0 saturated carbocycles. The highest BCUT2D eigenvalue weighted by atomic mass is 16.5. The van der Waals surface area contributed by atoms with Crippen LogP contribution in [-0.4, -0.2) is 56.1 Å². The van der Waals surface area contributed by atoms with E-state index >= 15 is 0 Å². The van der Waals surface area contributed by atoms with Crippen LogP contribution in [-0.2, 0) is 4.74 Å². The van der Waals surface area contributed by atoms with Gasteiger partial charge in [0.2, 0.25) is 0 Å². The zero-order valence-corrected chi connectivity index (χ0v) is 22.1. The predicted octanol–water partition coefficient (Wildman–Crippen LogP) is 5.03. The Bertz CT molecular complexity index is 1550. The number of benzene rings is 3. The van der Waals surface area contributed by atoms with Crippen LogP contribution in [0.25, 0.3) is 22.1 Å². The van der Waals surface area contributed by atoms with Gasteiger partial charge in [-0.15, -0.1) is 0 Å². The van der Waals surface area contributed by atoms with Crippen molar-refractivity contribution < 1.29 is 18.7 Å². The second-order valence-corrected chi connectivity index (χ2v) is 9.39. The van der Waals surface area contributed by atoms with Gasteiger partial charge in [-0.05, 0) is 61.5 Å². The summed E-state index contributed by atoms with van der Waals surface area (Å²) in [4.78, 5) is 42.9. The number of anilines is 2. The Kier molecular flexibility index (Phi) is 7.74. The quantitative estimate of drug-likeness (QED) is 0.267. The van der Waals surface area contributed by atoms with Crippen LogP contribution in [0, 0.1) is 0 Å². The molecule has 1 N–H and O–H groups in total. The molecule has 8 heteroatoms. The van der Waals surface area contributed by atoms with E-state index < -0.39 is 11.6 Å². The number of nitrogens with zero attached hydrogens (tertiary/aromatic N) is 2. The molecule has 2 heterocycles. The fraction of sp³-hybridized carbons (Fsp3) is 0.258. The van der Waals surface area contributed by atoms with Gasteiger partial charge in [0, 0.05) is 37.1 Å². The van der Waals surface area contributed by atoms with E-state index in [2.05, 4.69) is 22.0 Å². The lowest BCUT2D eigenvalue weighted by atomic mass is 10.0. The van der Waals surface area contributed by atoms with Crippen molar-refractivity contribution in [2.45, 2.75) is 13.8 Å². The molecule has 200 valence electrons. The largest absolute Gasteiger partial charge is 0.462 e. The van der Waals surface area contributed by atoms with Crippen LogP contribution in [0.2, 0.25) is 0 Å². The third-order valence-corrected chi connectivity index (χ3v) is 7.02. The molecule has 0 spiro atoms. The van der Waals surface area contributed by atoms with Crippen LogP contribution in [0.4, 0.5) is 11.4 Å². The van der Waals surface area contributed by atoms with Gasteiger partial charge in [-0.1, -0.05) is 37.3 Å². The molecule has 0 radical (unpaired) electrons. The molecule has 8 nitrogen and oxygen atoms in total. The number of esters is 1. The number of ether oxygens (including phenoxy) is 1. The molecule has 39 heavy (non-hydrogen) atoms. The van der Waals surface area contributed by atoms with Gasteiger partial charge in [0.1, 0.15) is 5.58 Å². The molecule has 0 atom stereocenters. The monoisotopic (exact) mass is 525 g/mol. The van der Waals surface area contributed by atoms with Crippen molar-refractivity contribution in [2.75, 3.05) is 49.5 Å². The molecule has 3 aromatic carbocycles. The first-order valence-electron chi connectivity index (χ1n) is 13.2. The van der Waals surface area contributed by atoms with Gasteiger partial charge in [-0.25, -0.2) is 9.59 Å². The Morgan fingerprint density at radius 1 is 0.897 bits per heavy atom. The minimum atomic E-state index is -0.436. The maximum atomic E-state index is 13.3. The molecule has 0 bridgehead atoms. The molecule has 5 rings (SSSR count). The maximum Gasteiger partial charge on any atom is 0.344 e. The number of amides is 1. The van der Waals surface area contributed by atoms with Crippen LogP contribution in [0.15, 0.2) is 82.0 Å². The standard InChI is InChI=1S/C31H31N3O5/c1-3-33-15-17-34(18-16-33)27-14-13-24(30(36)38-4-2)20-26(27)32-29(35)22-11-9-21(10-12-22)25-19-23-7-5-6-8-28(23)39-31(25)37/h5-14,19-20H,3-4,15-18H2,1-2H3,(H,32,35). The van der Waals surface area contributed by atoms with E-state index in [-0.39, 0.29) is 12.5 Å². The first kappa shape index (κ1) is 26.2. The van der Waals surface area contributed by atoms with E-state index in [1.54, 1.807) is 55.5 Å². The summed E-state index contributed by atoms with van der Waals surface area (Å²) < 4.78 is 10.6. The number of fused-ring (bicyclic) bond motifs is 1. The van der Waals surface area contributed by atoms with E-state index in [1.807, 2.05) is 24.3 Å². The van der Waals surface area contributed by atoms with Crippen molar-refractivity contribution in [1.82, 2.24) is 4.90 Å². The Labute approximate surface area is 226 Å². The Morgan fingerprint density at radius 2 is 1.62 bits per heavy atom. The summed E-state index contributed by atoms with van der Waals surface area (Å²) in [5.41, 5.74) is 3.39. The minimum absolute atomic E-state index is 0.267. The molecule has 1 amide bonds. The fourth-order valence-electron chi connectivity index (χ4n) is 4.82. The Hall–Kier alpha value is -4.43. The number of likely N-dealkylation sites (N-methyl/N-ethyl adjacent to an activating group) is 1. The third kappa shape index (κ3) is 5.71. The molecule has 1 aliphatic rings. The normalized spacial score (nSPS) is 13.8. The number of hydrogen-bond acceptors (Lipinski definition) is 7. The molecule has 4 aromatic rings.